The van der Waals surface area contributed by atoms with E-state index in [4.69, 9.17) is 0 Å². The molecule has 0 aliphatic carbocycles. The molecule has 0 saturated carbocycles. The summed E-state index contributed by atoms with van der Waals surface area (Å²) in [5.41, 5.74) is 2.76. The minimum Gasteiger partial charge on any atom is -0.350 e. The van der Waals surface area contributed by atoms with Crippen molar-refractivity contribution >= 4 is 17.5 Å². The molecule has 0 spiro atoms. The molecule has 0 bridgehead atoms. The molecule has 0 unspecified atom stereocenters. The van der Waals surface area contributed by atoms with E-state index in [-0.39, 0.29) is 24.3 Å². The number of carbonyl (C=O) groups excluding carboxylic acids is 2. The average Bonchev–Trinajstić information content (AvgIpc) is 2.58. The average molecular weight is 325 g/mol. The van der Waals surface area contributed by atoms with Crippen LogP contribution in [-0.2, 0) is 16.1 Å². The van der Waals surface area contributed by atoms with Crippen LogP contribution in [0.1, 0.15) is 37.8 Å². The van der Waals surface area contributed by atoms with E-state index >= 15 is 0 Å². The molecule has 0 atom stereocenters. The van der Waals surface area contributed by atoms with Crippen molar-refractivity contribution < 1.29 is 9.59 Å². The van der Waals surface area contributed by atoms with Crippen molar-refractivity contribution in [3.8, 4) is 0 Å². The van der Waals surface area contributed by atoms with E-state index in [1.807, 2.05) is 36.4 Å². The van der Waals surface area contributed by atoms with Gasteiger partial charge < -0.3 is 10.2 Å². The lowest BCUT2D eigenvalue weighted by atomic mass is 10.0. The molecule has 0 aliphatic rings. The minimum absolute atomic E-state index is 0.000666. The lowest BCUT2D eigenvalue weighted by Gasteiger charge is -2.24. The standard InChI is InChI=1S/C19H23N3O2/c1-14(2)17-8-4-5-9-18(17)22(15(3)23)13-19(24)21-12-16-7-6-10-20-11-16/h4-11,14H,12-13H2,1-3H3,(H,21,24). The summed E-state index contributed by atoms with van der Waals surface area (Å²) in [6.07, 6.45) is 3.39. The van der Waals surface area contributed by atoms with Crippen molar-refractivity contribution in [1.82, 2.24) is 10.3 Å². The van der Waals surface area contributed by atoms with Gasteiger partial charge in [0, 0.05) is 31.5 Å². The predicted octanol–water partition coefficient (Wildman–Crippen LogP) is 2.87. The minimum atomic E-state index is -0.201. The Morgan fingerprint density at radius 2 is 1.92 bits per heavy atom. The monoisotopic (exact) mass is 325 g/mol. The van der Waals surface area contributed by atoms with Gasteiger partial charge >= 0.3 is 0 Å². The number of amides is 2. The van der Waals surface area contributed by atoms with E-state index < -0.39 is 0 Å². The second kappa shape index (κ2) is 8.24. The van der Waals surface area contributed by atoms with E-state index in [0.717, 1.165) is 16.8 Å². The number of rotatable bonds is 6. The summed E-state index contributed by atoms with van der Waals surface area (Å²) in [6.45, 7) is 6.01. The van der Waals surface area contributed by atoms with E-state index in [1.54, 1.807) is 12.4 Å². The normalized spacial score (nSPS) is 10.5. The van der Waals surface area contributed by atoms with Gasteiger partial charge in [-0.05, 0) is 29.2 Å². The second-order valence-corrected chi connectivity index (χ2v) is 5.96. The molecule has 1 N–H and O–H groups in total. The highest BCUT2D eigenvalue weighted by Crippen LogP contribution is 2.27. The molecule has 24 heavy (non-hydrogen) atoms. The van der Waals surface area contributed by atoms with Crippen molar-refractivity contribution in [2.45, 2.75) is 33.2 Å². The number of nitrogens with one attached hydrogen (secondary N) is 1. The summed E-state index contributed by atoms with van der Waals surface area (Å²) in [4.78, 5) is 29.9. The van der Waals surface area contributed by atoms with Gasteiger partial charge in [0.05, 0.1) is 0 Å². The van der Waals surface area contributed by atoms with Gasteiger partial charge in [-0.2, -0.15) is 0 Å². The van der Waals surface area contributed by atoms with Gasteiger partial charge in [-0.15, -0.1) is 0 Å². The number of hydrogen-bond donors (Lipinski definition) is 1. The molecule has 2 rings (SSSR count). The molecule has 0 aliphatic heterocycles. The Labute approximate surface area is 142 Å². The first-order chi connectivity index (χ1) is 11.5. The Kier molecular flexibility index (Phi) is 6.07. The fourth-order valence-electron chi connectivity index (χ4n) is 2.49. The summed E-state index contributed by atoms with van der Waals surface area (Å²) in [5, 5.41) is 2.83. The maximum absolute atomic E-state index is 12.3. The Bertz CT molecular complexity index is 699. The van der Waals surface area contributed by atoms with Crippen LogP contribution in [0.25, 0.3) is 0 Å². The lowest BCUT2D eigenvalue weighted by molar-refractivity contribution is -0.123. The van der Waals surface area contributed by atoms with Crippen LogP contribution < -0.4 is 10.2 Å². The SMILES string of the molecule is CC(=O)N(CC(=O)NCc1cccnc1)c1ccccc1C(C)C. The Balaban J connectivity index is 2.09. The zero-order valence-corrected chi connectivity index (χ0v) is 14.3. The lowest BCUT2D eigenvalue weighted by Crippen LogP contribution is -2.40. The van der Waals surface area contributed by atoms with Crippen LogP contribution >= 0.6 is 0 Å². The first kappa shape index (κ1) is 17.7. The Morgan fingerprint density at radius 3 is 2.54 bits per heavy atom. The van der Waals surface area contributed by atoms with Crippen molar-refractivity contribution in [2.24, 2.45) is 0 Å². The molecule has 1 aromatic heterocycles. The smallest absolute Gasteiger partial charge is 0.240 e. The van der Waals surface area contributed by atoms with Gasteiger partial charge in [-0.25, -0.2) is 0 Å². The molecule has 5 heteroatoms. The van der Waals surface area contributed by atoms with Gasteiger partial charge in [0.25, 0.3) is 0 Å². The zero-order valence-electron chi connectivity index (χ0n) is 14.3. The summed E-state index contributed by atoms with van der Waals surface area (Å²) in [6, 6.07) is 11.4. The Hall–Kier alpha value is -2.69. The highest BCUT2D eigenvalue weighted by Gasteiger charge is 2.19. The predicted molar refractivity (Wildman–Crippen MR) is 94.6 cm³/mol. The van der Waals surface area contributed by atoms with Crippen LogP contribution in [-0.4, -0.2) is 23.3 Å². The van der Waals surface area contributed by atoms with Gasteiger partial charge in [-0.1, -0.05) is 38.1 Å². The van der Waals surface area contributed by atoms with Crippen molar-refractivity contribution in [3.63, 3.8) is 0 Å². The third kappa shape index (κ3) is 4.65. The van der Waals surface area contributed by atoms with Crippen LogP contribution in [0.15, 0.2) is 48.8 Å². The highest BCUT2D eigenvalue weighted by atomic mass is 16.2. The molecule has 2 amide bonds. The molecule has 2 aromatic rings. The fourth-order valence-corrected chi connectivity index (χ4v) is 2.49. The van der Waals surface area contributed by atoms with Gasteiger partial charge in [0.1, 0.15) is 6.54 Å². The van der Waals surface area contributed by atoms with Gasteiger partial charge in [0.2, 0.25) is 11.8 Å². The molecule has 0 saturated heterocycles. The number of hydrogen-bond acceptors (Lipinski definition) is 3. The fraction of sp³-hybridized carbons (Fsp3) is 0.316. The number of benzene rings is 1. The maximum atomic E-state index is 12.3. The number of anilines is 1. The summed E-state index contributed by atoms with van der Waals surface area (Å²) >= 11 is 0. The van der Waals surface area contributed by atoms with E-state index in [9.17, 15) is 9.59 Å². The van der Waals surface area contributed by atoms with Gasteiger partial charge in [-0.3, -0.25) is 14.6 Å². The van der Waals surface area contributed by atoms with Crippen molar-refractivity contribution in [1.29, 1.82) is 0 Å². The largest absolute Gasteiger partial charge is 0.350 e. The Morgan fingerprint density at radius 1 is 1.17 bits per heavy atom. The first-order valence-electron chi connectivity index (χ1n) is 8.01. The van der Waals surface area contributed by atoms with Crippen molar-refractivity contribution in [3.05, 3.63) is 59.9 Å². The molecular formula is C19H23N3O2. The maximum Gasteiger partial charge on any atom is 0.240 e. The summed E-state index contributed by atoms with van der Waals surface area (Å²) in [7, 11) is 0. The van der Waals surface area contributed by atoms with Crippen LogP contribution in [0, 0.1) is 0 Å². The second-order valence-electron chi connectivity index (χ2n) is 5.96. The molecule has 126 valence electrons. The van der Waals surface area contributed by atoms with Gasteiger partial charge in [0.15, 0.2) is 0 Å². The summed E-state index contributed by atoms with van der Waals surface area (Å²) in [5.74, 6) is -0.0891. The molecular weight excluding hydrogens is 302 g/mol. The number of carbonyl (C=O) groups is 2. The number of nitrogens with zero attached hydrogens (tertiary/aromatic N) is 2. The highest BCUT2D eigenvalue weighted by molar-refractivity contribution is 5.98. The van der Waals surface area contributed by atoms with Crippen LogP contribution in [0.2, 0.25) is 0 Å². The molecule has 0 fully saturated rings. The number of para-hydroxylation sites is 1. The number of pyridine rings is 1. The zero-order chi connectivity index (χ0) is 17.5. The molecule has 5 nitrogen and oxygen atoms in total. The number of aromatic nitrogens is 1. The summed E-state index contributed by atoms with van der Waals surface area (Å²) < 4.78 is 0. The topological polar surface area (TPSA) is 62.3 Å². The first-order valence-corrected chi connectivity index (χ1v) is 8.01. The quantitative estimate of drug-likeness (QED) is 0.888. The third-order valence-electron chi connectivity index (χ3n) is 3.74. The van der Waals surface area contributed by atoms with Crippen LogP contribution in [0.4, 0.5) is 5.69 Å². The van der Waals surface area contributed by atoms with Crippen molar-refractivity contribution in [2.75, 3.05) is 11.4 Å². The van der Waals surface area contributed by atoms with Crippen LogP contribution in [0.5, 0.6) is 0 Å². The van der Waals surface area contributed by atoms with E-state index in [1.165, 1.54) is 11.8 Å². The van der Waals surface area contributed by atoms with E-state index in [2.05, 4.69) is 24.1 Å². The van der Waals surface area contributed by atoms with Crippen LogP contribution in [0.3, 0.4) is 0 Å². The molecule has 1 heterocycles. The molecule has 0 radical (unpaired) electrons. The van der Waals surface area contributed by atoms with E-state index in [0.29, 0.717) is 6.54 Å². The third-order valence-corrected chi connectivity index (χ3v) is 3.74. The molecule has 1 aromatic carbocycles.